The molecule has 1 N–H and O–H groups in total. The van der Waals surface area contributed by atoms with Gasteiger partial charge in [-0.1, -0.05) is 0 Å². The van der Waals surface area contributed by atoms with Crippen molar-refractivity contribution in [1.82, 2.24) is 0 Å². The lowest BCUT2D eigenvalue weighted by Gasteiger charge is -2.06. The normalized spacial score (nSPS) is 10.2. The maximum Gasteiger partial charge on any atom is 0.163 e. The minimum Gasteiger partial charge on any atom is -0.506 e. The van der Waals surface area contributed by atoms with E-state index >= 15 is 0 Å². The Hall–Kier alpha value is 0.130. The van der Waals surface area contributed by atoms with Gasteiger partial charge < -0.3 is 5.11 Å². The third-order valence-electron chi connectivity index (χ3n) is 1.52. The summed E-state index contributed by atoms with van der Waals surface area (Å²) in [5.74, 6) is -0.214. The summed E-state index contributed by atoms with van der Waals surface area (Å²) in [7, 11) is 0. The topological polar surface area (TPSA) is 37.3 Å². The third kappa shape index (κ3) is 2.14. The van der Waals surface area contributed by atoms with E-state index in [1.807, 2.05) is 0 Å². The molecule has 1 aromatic carbocycles. The van der Waals surface area contributed by atoms with E-state index in [4.69, 9.17) is 0 Å². The van der Waals surface area contributed by atoms with E-state index in [2.05, 4.69) is 47.8 Å². The number of benzene rings is 1. The van der Waals surface area contributed by atoms with E-state index in [0.717, 1.165) is 4.47 Å². The van der Waals surface area contributed by atoms with E-state index in [1.165, 1.54) is 6.92 Å². The van der Waals surface area contributed by atoms with Crippen LogP contribution in [-0.2, 0) is 0 Å². The molecule has 2 nitrogen and oxygen atoms in total. The van der Waals surface area contributed by atoms with Gasteiger partial charge in [0.25, 0.3) is 0 Å². The molecule has 0 fully saturated rings. The van der Waals surface area contributed by atoms with Crippen molar-refractivity contribution in [2.45, 2.75) is 6.92 Å². The molecule has 0 radical (unpaired) electrons. The molecule has 0 saturated carbocycles. The lowest BCUT2D eigenvalue weighted by atomic mass is 10.1. The van der Waals surface area contributed by atoms with Crippen molar-refractivity contribution < 1.29 is 9.90 Å². The van der Waals surface area contributed by atoms with E-state index in [0.29, 0.717) is 14.5 Å². The third-order valence-corrected chi connectivity index (χ3v) is 4.80. The Morgan fingerprint density at radius 2 is 1.85 bits per heavy atom. The molecule has 0 saturated heterocycles. The number of aromatic hydroxyl groups is 1. The first-order valence-corrected chi connectivity index (χ1v) is 5.70. The van der Waals surface area contributed by atoms with Gasteiger partial charge >= 0.3 is 0 Å². The summed E-state index contributed by atoms with van der Waals surface area (Å²) in [5.41, 5.74) is 0.293. The molecule has 1 aromatic rings. The van der Waals surface area contributed by atoms with E-state index in [9.17, 15) is 9.90 Å². The fourth-order valence-electron chi connectivity index (χ4n) is 0.854. The standard InChI is InChI=1S/C8H5Br3O2/c1-3(12)4-2-5(9)6(10)7(11)8(4)13/h2,13H,1H3. The number of rotatable bonds is 1. The zero-order valence-electron chi connectivity index (χ0n) is 6.57. The number of hydrogen-bond acceptors (Lipinski definition) is 2. The molecule has 70 valence electrons. The van der Waals surface area contributed by atoms with Gasteiger partial charge in [0.15, 0.2) is 5.78 Å². The highest BCUT2D eigenvalue weighted by atomic mass is 79.9. The quantitative estimate of drug-likeness (QED) is 0.600. The Morgan fingerprint density at radius 3 is 2.31 bits per heavy atom. The number of Topliss-reactive ketones (excluding diaryl/α,β-unsaturated/α-hetero) is 1. The van der Waals surface area contributed by atoms with Crippen molar-refractivity contribution in [2.24, 2.45) is 0 Å². The second kappa shape index (κ2) is 4.11. The average molecular weight is 373 g/mol. The van der Waals surface area contributed by atoms with Crippen LogP contribution in [0.3, 0.4) is 0 Å². The molecule has 0 heterocycles. The van der Waals surface area contributed by atoms with Gasteiger partial charge in [0.2, 0.25) is 0 Å². The summed E-state index contributed by atoms with van der Waals surface area (Å²) >= 11 is 9.68. The van der Waals surface area contributed by atoms with Gasteiger partial charge in [0.1, 0.15) is 5.75 Å². The van der Waals surface area contributed by atoms with Crippen LogP contribution in [-0.4, -0.2) is 10.9 Å². The van der Waals surface area contributed by atoms with Crippen molar-refractivity contribution in [2.75, 3.05) is 0 Å². The minimum absolute atomic E-state index is 0.0393. The summed E-state index contributed by atoms with van der Waals surface area (Å²) < 4.78 is 1.89. The van der Waals surface area contributed by atoms with Crippen molar-refractivity contribution in [3.05, 3.63) is 25.0 Å². The van der Waals surface area contributed by atoms with Crippen LogP contribution in [0.4, 0.5) is 0 Å². The van der Waals surface area contributed by atoms with Gasteiger partial charge in [-0.05, 0) is 60.8 Å². The molecule has 5 heteroatoms. The van der Waals surface area contributed by atoms with Crippen LogP contribution in [0.25, 0.3) is 0 Å². The zero-order chi connectivity index (χ0) is 10.2. The molecular formula is C8H5Br3O2. The molecule has 0 aromatic heterocycles. The van der Waals surface area contributed by atoms with Gasteiger partial charge in [-0.25, -0.2) is 0 Å². The van der Waals surface area contributed by atoms with Gasteiger partial charge in [-0.2, -0.15) is 0 Å². The Bertz CT molecular complexity index is 374. The van der Waals surface area contributed by atoms with Crippen LogP contribution in [0.5, 0.6) is 5.75 Å². The van der Waals surface area contributed by atoms with Crippen molar-refractivity contribution in [3.8, 4) is 5.75 Å². The SMILES string of the molecule is CC(=O)c1cc(Br)c(Br)c(Br)c1O. The Balaban J connectivity index is 3.50. The van der Waals surface area contributed by atoms with Crippen molar-refractivity contribution >= 4 is 53.6 Å². The molecule has 0 aliphatic carbocycles. The molecule has 0 atom stereocenters. The largest absolute Gasteiger partial charge is 0.506 e. The van der Waals surface area contributed by atoms with Gasteiger partial charge in [-0.15, -0.1) is 0 Å². The highest BCUT2D eigenvalue weighted by Crippen LogP contribution is 2.39. The number of carbonyl (C=O) groups is 1. The fraction of sp³-hybridized carbons (Fsp3) is 0.125. The second-order valence-corrected chi connectivity index (χ2v) is 4.88. The second-order valence-electron chi connectivity index (χ2n) is 2.44. The Kier molecular flexibility index (Phi) is 3.54. The number of halogens is 3. The van der Waals surface area contributed by atoms with E-state index < -0.39 is 0 Å². The van der Waals surface area contributed by atoms with Crippen LogP contribution in [0.15, 0.2) is 19.5 Å². The molecule has 0 bridgehead atoms. The first-order valence-electron chi connectivity index (χ1n) is 3.32. The van der Waals surface area contributed by atoms with E-state index in [-0.39, 0.29) is 11.5 Å². The highest BCUT2D eigenvalue weighted by molar-refractivity contribution is 9.14. The molecular weight excluding hydrogens is 368 g/mol. The van der Waals surface area contributed by atoms with Gasteiger partial charge in [0, 0.05) is 8.95 Å². The van der Waals surface area contributed by atoms with E-state index in [1.54, 1.807) is 6.07 Å². The fourth-order valence-corrected chi connectivity index (χ4v) is 2.28. The van der Waals surface area contributed by atoms with Crippen molar-refractivity contribution in [1.29, 1.82) is 0 Å². The molecule has 13 heavy (non-hydrogen) atoms. The predicted molar refractivity (Wildman–Crippen MR) is 61.2 cm³/mol. The number of phenolic OH excluding ortho intramolecular Hbond substituents is 1. The maximum atomic E-state index is 11.1. The number of ketones is 1. The minimum atomic E-state index is -0.175. The molecule has 0 aliphatic rings. The predicted octanol–water partition coefficient (Wildman–Crippen LogP) is 3.88. The number of hydrogen-bond donors (Lipinski definition) is 1. The summed E-state index contributed by atoms with van der Waals surface area (Å²) in [6.45, 7) is 1.40. The molecule has 0 unspecified atom stereocenters. The van der Waals surface area contributed by atoms with Crippen LogP contribution in [0.1, 0.15) is 17.3 Å². The number of phenols is 1. The summed E-state index contributed by atoms with van der Waals surface area (Å²) in [4.78, 5) is 11.1. The average Bonchev–Trinajstić information content (AvgIpc) is 2.07. The molecule has 0 amide bonds. The Morgan fingerprint density at radius 1 is 1.31 bits per heavy atom. The first kappa shape index (κ1) is 11.2. The summed E-state index contributed by atoms with van der Waals surface area (Å²) in [6, 6.07) is 1.58. The smallest absolute Gasteiger partial charge is 0.163 e. The maximum absolute atomic E-state index is 11.1. The lowest BCUT2D eigenvalue weighted by molar-refractivity contribution is 0.101. The van der Waals surface area contributed by atoms with Crippen LogP contribution in [0.2, 0.25) is 0 Å². The summed E-state index contributed by atoms with van der Waals surface area (Å²) in [6.07, 6.45) is 0. The van der Waals surface area contributed by atoms with Gasteiger partial charge in [0.05, 0.1) is 10.0 Å². The van der Waals surface area contributed by atoms with Crippen LogP contribution < -0.4 is 0 Å². The lowest BCUT2D eigenvalue weighted by Crippen LogP contribution is -1.94. The number of carbonyl (C=O) groups excluding carboxylic acids is 1. The molecule has 1 rings (SSSR count). The monoisotopic (exact) mass is 370 g/mol. The van der Waals surface area contributed by atoms with Crippen LogP contribution >= 0.6 is 47.8 Å². The summed E-state index contributed by atoms with van der Waals surface area (Å²) in [5, 5.41) is 9.55. The van der Waals surface area contributed by atoms with Crippen LogP contribution in [0, 0.1) is 0 Å². The highest BCUT2D eigenvalue weighted by Gasteiger charge is 2.15. The molecule has 0 spiro atoms. The van der Waals surface area contributed by atoms with Gasteiger partial charge in [-0.3, -0.25) is 4.79 Å². The first-order chi connectivity index (χ1) is 5.95. The molecule has 0 aliphatic heterocycles. The Labute approximate surface area is 101 Å². The zero-order valence-corrected chi connectivity index (χ0v) is 11.3. The van der Waals surface area contributed by atoms with Crippen molar-refractivity contribution in [3.63, 3.8) is 0 Å².